The van der Waals surface area contributed by atoms with E-state index in [0.29, 0.717) is 43.4 Å². The maximum absolute atomic E-state index is 13.0. The van der Waals surface area contributed by atoms with Crippen molar-refractivity contribution in [2.75, 3.05) is 32.0 Å². The number of pyridine rings is 1. The lowest BCUT2D eigenvalue weighted by Gasteiger charge is -2.32. The van der Waals surface area contributed by atoms with E-state index in [1.165, 1.54) is 0 Å². The fraction of sp³-hybridized carbons (Fsp3) is 0.304. The number of carbonyl (C=O) groups is 1. The molecule has 0 saturated carbocycles. The third-order valence-corrected chi connectivity index (χ3v) is 5.74. The summed E-state index contributed by atoms with van der Waals surface area (Å²) < 4.78 is 11.1. The number of para-hydroxylation sites is 1. The summed E-state index contributed by atoms with van der Waals surface area (Å²) in [5, 5.41) is 1.06. The minimum atomic E-state index is 0.0277. The molecule has 2 aliphatic rings. The second-order valence-corrected chi connectivity index (χ2v) is 7.58. The van der Waals surface area contributed by atoms with Crippen molar-refractivity contribution in [1.29, 1.82) is 0 Å². The summed E-state index contributed by atoms with van der Waals surface area (Å²) in [6, 6.07) is 15.4. The number of hydrogen-bond acceptors (Lipinski definition) is 5. The first-order valence-corrected chi connectivity index (χ1v) is 10.0. The van der Waals surface area contributed by atoms with Crippen LogP contribution in [0.2, 0.25) is 0 Å². The van der Waals surface area contributed by atoms with Crippen molar-refractivity contribution in [3.05, 3.63) is 59.8 Å². The minimum Gasteiger partial charge on any atom is -0.486 e. The van der Waals surface area contributed by atoms with Crippen LogP contribution in [0.25, 0.3) is 10.9 Å². The fourth-order valence-corrected chi connectivity index (χ4v) is 4.19. The van der Waals surface area contributed by atoms with Gasteiger partial charge in [0.1, 0.15) is 13.2 Å². The fourth-order valence-electron chi connectivity index (χ4n) is 4.19. The van der Waals surface area contributed by atoms with E-state index in [1.807, 2.05) is 47.4 Å². The average molecular weight is 389 g/mol. The van der Waals surface area contributed by atoms with Crippen LogP contribution in [0.4, 0.5) is 5.69 Å². The Labute approximate surface area is 169 Å². The first kappa shape index (κ1) is 17.8. The van der Waals surface area contributed by atoms with Gasteiger partial charge in [0.05, 0.1) is 16.9 Å². The molecule has 0 unspecified atom stereocenters. The van der Waals surface area contributed by atoms with Gasteiger partial charge in [-0.2, -0.15) is 0 Å². The van der Waals surface area contributed by atoms with Gasteiger partial charge in [0, 0.05) is 30.0 Å². The molecule has 6 nitrogen and oxygen atoms in total. The highest BCUT2D eigenvalue weighted by Crippen LogP contribution is 2.34. The highest BCUT2D eigenvalue weighted by molar-refractivity contribution is 5.95. The van der Waals surface area contributed by atoms with Crippen molar-refractivity contribution in [2.45, 2.75) is 18.8 Å². The molecule has 2 aromatic carbocycles. The van der Waals surface area contributed by atoms with E-state index in [0.717, 1.165) is 35.1 Å². The molecule has 0 aliphatic carbocycles. The summed E-state index contributed by atoms with van der Waals surface area (Å²) in [4.78, 5) is 19.7. The number of nitrogens with zero attached hydrogens (tertiary/aromatic N) is 2. The third kappa shape index (κ3) is 3.35. The van der Waals surface area contributed by atoms with E-state index in [9.17, 15) is 4.79 Å². The standard InChI is InChI=1S/C23H23N3O3/c24-18-13-16-3-1-2-4-19(16)25-22(18)15-7-9-26(10-8-15)23(27)17-5-6-20-21(14-17)29-12-11-28-20/h1-6,13-15H,7-12,24H2. The maximum Gasteiger partial charge on any atom is 0.253 e. The van der Waals surface area contributed by atoms with E-state index < -0.39 is 0 Å². The van der Waals surface area contributed by atoms with Crippen LogP contribution in [0.15, 0.2) is 48.5 Å². The minimum absolute atomic E-state index is 0.0277. The van der Waals surface area contributed by atoms with Crippen LogP contribution in [0.5, 0.6) is 11.5 Å². The lowest BCUT2D eigenvalue weighted by Crippen LogP contribution is -2.38. The topological polar surface area (TPSA) is 77.7 Å². The molecule has 1 aromatic heterocycles. The van der Waals surface area contributed by atoms with E-state index in [4.69, 9.17) is 20.2 Å². The molecule has 2 aliphatic heterocycles. The van der Waals surface area contributed by atoms with Gasteiger partial charge in [-0.05, 0) is 43.2 Å². The average Bonchev–Trinajstić information content (AvgIpc) is 2.78. The zero-order valence-corrected chi connectivity index (χ0v) is 16.1. The lowest BCUT2D eigenvalue weighted by molar-refractivity contribution is 0.0711. The Morgan fingerprint density at radius 2 is 1.76 bits per heavy atom. The molecule has 29 heavy (non-hydrogen) atoms. The number of rotatable bonds is 2. The lowest BCUT2D eigenvalue weighted by atomic mass is 9.91. The third-order valence-electron chi connectivity index (χ3n) is 5.74. The summed E-state index contributed by atoms with van der Waals surface area (Å²) in [5.41, 5.74) is 9.59. The van der Waals surface area contributed by atoms with Gasteiger partial charge in [-0.3, -0.25) is 9.78 Å². The van der Waals surface area contributed by atoms with Gasteiger partial charge in [-0.15, -0.1) is 0 Å². The van der Waals surface area contributed by atoms with Gasteiger partial charge < -0.3 is 20.1 Å². The van der Waals surface area contributed by atoms with Crippen molar-refractivity contribution in [2.24, 2.45) is 0 Å². The molecular formula is C23H23N3O3. The predicted octanol–water partition coefficient (Wildman–Crippen LogP) is 3.61. The van der Waals surface area contributed by atoms with Gasteiger partial charge in [0.15, 0.2) is 11.5 Å². The summed E-state index contributed by atoms with van der Waals surface area (Å²) >= 11 is 0. The van der Waals surface area contributed by atoms with Crippen molar-refractivity contribution in [3.63, 3.8) is 0 Å². The van der Waals surface area contributed by atoms with Crippen LogP contribution in [-0.2, 0) is 0 Å². The van der Waals surface area contributed by atoms with Gasteiger partial charge in [0.2, 0.25) is 0 Å². The zero-order chi connectivity index (χ0) is 19.8. The summed E-state index contributed by atoms with van der Waals surface area (Å²) in [5.74, 6) is 1.64. The van der Waals surface area contributed by atoms with Crippen LogP contribution >= 0.6 is 0 Å². The molecule has 1 fully saturated rings. The van der Waals surface area contributed by atoms with Crippen molar-refractivity contribution in [1.82, 2.24) is 9.88 Å². The number of piperidine rings is 1. The number of carbonyl (C=O) groups excluding carboxylic acids is 1. The Morgan fingerprint density at radius 1 is 1.00 bits per heavy atom. The summed E-state index contributed by atoms with van der Waals surface area (Å²) in [7, 11) is 0. The number of aromatic nitrogens is 1. The van der Waals surface area contributed by atoms with Crippen LogP contribution in [0.3, 0.4) is 0 Å². The molecule has 148 valence electrons. The SMILES string of the molecule is Nc1cc2ccccc2nc1C1CCN(C(=O)c2ccc3c(c2)OCCO3)CC1. The Kier molecular flexibility index (Phi) is 4.46. The molecule has 6 heteroatoms. The van der Waals surface area contributed by atoms with Crippen LogP contribution in [0, 0.1) is 0 Å². The normalized spacial score (nSPS) is 16.8. The molecule has 0 bridgehead atoms. The van der Waals surface area contributed by atoms with E-state index in [2.05, 4.69) is 0 Å². The van der Waals surface area contributed by atoms with Gasteiger partial charge in [0.25, 0.3) is 5.91 Å². The summed E-state index contributed by atoms with van der Waals surface area (Å²) in [6.07, 6.45) is 1.71. The molecule has 5 rings (SSSR count). The Balaban J connectivity index is 1.30. The van der Waals surface area contributed by atoms with E-state index in [1.54, 1.807) is 6.07 Å². The molecule has 0 spiro atoms. The summed E-state index contributed by atoms with van der Waals surface area (Å²) in [6.45, 7) is 2.42. The molecule has 0 atom stereocenters. The number of likely N-dealkylation sites (tertiary alicyclic amines) is 1. The van der Waals surface area contributed by atoms with Gasteiger partial charge in [-0.1, -0.05) is 18.2 Å². The van der Waals surface area contributed by atoms with Crippen LogP contribution in [0.1, 0.15) is 34.8 Å². The Bertz CT molecular complexity index is 1070. The van der Waals surface area contributed by atoms with Crippen molar-refractivity contribution >= 4 is 22.5 Å². The van der Waals surface area contributed by atoms with Gasteiger partial charge >= 0.3 is 0 Å². The largest absolute Gasteiger partial charge is 0.486 e. The van der Waals surface area contributed by atoms with Crippen LogP contribution in [-0.4, -0.2) is 42.1 Å². The molecule has 2 N–H and O–H groups in total. The molecular weight excluding hydrogens is 366 g/mol. The van der Waals surface area contributed by atoms with Gasteiger partial charge in [-0.25, -0.2) is 0 Å². The predicted molar refractivity (Wildman–Crippen MR) is 111 cm³/mol. The first-order valence-electron chi connectivity index (χ1n) is 10.0. The number of hydrogen-bond donors (Lipinski definition) is 1. The highest BCUT2D eigenvalue weighted by Gasteiger charge is 2.27. The molecule has 3 aromatic rings. The first-order chi connectivity index (χ1) is 14.2. The number of amides is 1. The maximum atomic E-state index is 13.0. The number of ether oxygens (including phenoxy) is 2. The number of fused-ring (bicyclic) bond motifs is 2. The second-order valence-electron chi connectivity index (χ2n) is 7.58. The highest BCUT2D eigenvalue weighted by atomic mass is 16.6. The Hall–Kier alpha value is -3.28. The van der Waals surface area contributed by atoms with Crippen molar-refractivity contribution in [3.8, 4) is 11.5 Å². The molecule has 1 amide bonds. The monoisotopic (exact) mass is 389 g/mol. The number of benzene rings is 2. The number of anilines is 1. The van der Waals surface area contributed by atoms with E-state index >= 15 is 0 Å². The van der Waals surface area contributed by atoms with E-state index in [-0.39, 0.29) is 11.8 Å². The number of nitrogens with two attached hydrogens (primary N) is 1. The molecule has 1 saturated heterocycles. The molecule has 0 radical (unpaired) electrons. The zero-order valence-electron chi connectivity index (χ0n) is 16.1. The quantitative estimate of drug-likeness (QED) is 0.724. The van der Waals surface area contributed by atoms with Crippen LogP contribution < -0.4 is 15.2 Å². The second kappa shape index (κ2) is 7.28. The van der Waals surface area contributed by atoms with Crippen molar-refractivity contribution < 1.29 is 14.3 Å². The molecule has 3 heterocycles. The Morgan fingerprint density at radius 3 is 2.59 bits per heavy atom. The smallest absolute Gasteiger partial charge is 0.253 e. The number of nitrogen functional groups attached to an aromatic ring is 1.